The van der Waals surface area contributed by atoms with Gasteiger partial charge in [-0.15, -0.1) is 0 Å². The molecular weight excluding hydrogens is 696 g/mol. The summed E-state index contributed by atoms with van der Waals surface area (Å²) in [5.41, 5.74) is 2.96. The minimum absolute atomic E-state index is 0.111. The third-order valence-electron chi connectivity index (χ3n) is 6.66. The Labute approximate surface area is 270 Å². The van der Waals surface area contributed by atoms with Gasteiger partial charge >= 0.3 is 5.97 Å². The van der Waals surface area contributed by atoms with E-state index >= 15 is 0 Å². The number of thiazole rings is 1. The molecule has 2 heterocycles. The molecule has 3 aromatic carbocycles. The molecule has 222 valence electrons. The molecule has 1 aliphatic rings. The van der Waals surface area contributed by atoms with E-state index in [9.17, 15) is 9.59 Å². The Hall–Kier alpha value is -3.47. The third-order valence-corrected chi connectivity index (χ3v) is 8.66. The predicted molar refractivity (Wildman–Crippen MR) is 175 cm³/mol. The molecule has 1 atom stereocenters. The summed E-state index contributed by atoms with van der Waals surface area (Å²) in [5.74, 6) is 0.703. The highest BCUT2D eigenvalue weighted by Crippen LogP contribution is 2.36. The number of rotatable bonds is 9. The molecule has 0 fully saturated rings. The van der Waals surface area contributed by atoms with Crippen LogP contribution in [-0.2, 0) is 16.1 Å². The molecule has 0 saturated carbocycles. The Balaban J connectivity index is 1.64. The maximum Gasteiger partial charge on any atom is 0.338 e. The molecule has 0 amide bonds. The Kier molecular flexibility index (Phi) is 9.68. The number of carbonyl (C=O) groups is 1. The van der Waals surface area contributed by atoms with Gasteiger partial charge < -0.3 is 14.2 Å². The van der Waals surface area contributed by atoms with Crippen molar-refractivity contribution in [1.82, 2.24) is 4.57 Å². The highest BCUT2D eigenvalue weighted by Gasteiger charge is 2.35. The van der Waals surface area contributed by atoms with E-state index < -0.39 is 12.0 Å². The predicted octanol–water partition coefficient (Wildman–Crippen LogP) is 6.69. The number of hydrogen-bond acceptors (Lipinski definition) is 7. The van der Waals surface area contributed by atoms with Gasteiger partial charge in [-0.2, -0.15) is 0 Å². The number of nitrogens with zero attached hydrogens (tertiary/aromatic N) is 2. The van der Waals surface area contributed by atoms with Crippen LogP contribution in [0.2, 0.25) is 0 Å². The first kappa shape index (κ1) is 31.0. The lowest BCUT2D eigenvalue weighted by Crippen LogP contribution is -2.40. The second-order valence-electron chi connectivity index (χ2n) is 10.1. The molecule has 0 aliphatic carbocycles. The zero-order valence-corrected chi connectivity index (χ0v) is 28.1. The first-order chi connectivity index (χ1) is 20.7. The number of carbonyl (C=O) groups excluding carboxylic acids is 1. The minimum atomic E-state index is -0.775. The van der Waals surface area contributed by atoms with E-state index in [-0.39, 0.29) is 18.3 Å². The average Bonchev–Trinajstić information content (AvgIpc) is 3.27. The quantitative estimate of drug-likeness (QED) is 0.180. The molecule has 5 rings (SSSR count). The summed E-state index contributed by atoms with van der Waals surface area (Å²) in [5, 5.41) is 0. The van der Waals surface area contributed by atoms with Gasteiger partial charge in [0.15, 0.2) is 4.80 Å². The van der Waals surface area contributed by atoms with Gasteiger partial charge in [0.1, 0.15) is 24.1 Å². The fourth-order valence-corrected chi connectivity index (χ4v) is 6.48. The van der Waals surface area contributed by atoms with E-state index in [1.165, 1.54) is 11.3 Å². The normalized spacial score (nSPS) is 14.9. The molecule has 0 spiro atoms. The van der Waals surface area contributed by atoms with Gasteiger partial charge in [-0.05, 0) is 75.7 Å². The van der Waals surface area contributed by atoms with Crippen LogP contribution in [0.5, 0.6) is 11.5 Å². The molecule has 0 N–H and O–H groups in total. The summed E-state index contributed by atoms with van der Waals surface area (Å²) in [7, 11) is 0. The Morgan fingerprint density at radius 3 is 2.49 bits per heavy atom. The minimum Gasteiger partial charge on any atom is -0.491 e. The summed E-state index contributed by atoms with van der Waals surface area (Å²) >= 11 is 8.27. The highest BCUT2D eigenvalue weighted by molar-refractivity contribution is 9.10. The van der Waals surface area contributed by atoms with Crippen LogP contribution in [0.1, 0.15) is 50.4 Å². The summed E-state index contributed by atoms with van der Waals surface area (Å²) in [4.78, 5) is 32.7. The van der Waals surface area contributed by atoms with Crippen molar-refractivity contribution in [3.63, 3.8) is 0 Å². The Bertz CT molecular complexity index is 1880. The van der Waals surface area contributed by atoms with Crippen LogP contribution in [0.15, 0.2) is 96.7 Å². The number of aromatic nitrogens is 1. The van der Waals surface area contributed by atoms with E-state index in [2.05, 4.69) is 31.9 Å². The van der Waals surface area contributed by atoms with Crippen LogP contribution in [0.3, 0.4) is 0 Å². The molecule has 0 unspecified atom stereocenters. The molecular formula is C33H30Br2N2O5S. The van der Waals surface area contributed by atoms with Crippen molar-refractivity contribution in [2.75, 3.05) is 6.61 Å². The van der Waals surface area contributed by atoms with E-state index in [0.29, 0.717) is 44.3 Å². The molecule has 4 aromatic rings. The molecule has 0 radical (unpaired) electrons. The largest absolute Gasteiger partial charge is 0.491 e. The van der Waals surface area contributed by atoms with Crippen LogP contribution in [0, 0.1) is 0 Å². The second-order valence-corrected chi connectivity index (χ2v) is 12.9. The van der Waals surface area contributed by atoms with Crippen molar-refractivity contribution < 1.29 is 19.0 Å². The lowest BCUT2D eigenvalue weighted by Gasteiger charge is -2.26. The average molecular weight is 726 g/mol. The topological polar surface area (TPSA) is 79.1 Å². The number of fused-ring (bicyclic) bond motifs is 1. The summed E-state index contributed by atoms with van der Waals surface area (Å²) in [6.45, 7) is 7.95. The standard InChI is InChI=1S/C33H30Br2N2O5S/c1-5-40-32(39)29-20(4)36-33-37(30(29)25-8-6-7-9-27(25)42-19(2)3)31(38)28(43-33)17-22-16-24(35)14-15-26(22)41-18-21-10-12-23(34)13-11-21/h6-17,19,30H,5,18H2,1-4H3/b28-17+/t30-/m0/s1. The fourth-order valence-electron chi connectivity index (χ4n) is 4.80. The smallest absolute Gasteiger partial charge is 0.338 e. The van der Waals surface area contributed by atoms with Crippen LogP contribution in [-0.4, -0.2) is 23.2 Å². The van der Waals surface area contributed by atoms with Gasteiger partial charge in [-0.3, -0.25) is 9.36 Å². The third kappa shape index (κ3) is 6.87. The molecule has 0 bridgehead atoms. The first-order valence-electron chi connectivity index (χ1n) is 13.8. The Morgan fingerprint density at radius 2 is 1.77 bits per heavy atom. The molecule has 1 aliphatic heterocycles. The van der Waals surface area contributed by atoms with Gasteiger partial charge in [0, 0.05) is 20.1 Å². The molecule has 0 saturated heterocycles. The molecule has 1 aromatic heterocycles. The van der Waals surface area contributed by atoms with Gasteiger partial charge in [0.2, 0.25) is 0 Å². The molecule has 10 heteroatoms. The number of esters is 1. The van der Waals surface area contributed by atoms with Crippen LogP contribution in [0.4, 0.5) is 0 Å². The van der Waals surface area contributed by atoms with Crippen molar-refractivity contribution in [2.24, 2.45) is 4.99 Å². The number of halogens is 2. The van der Waals surface area contributed by atoms with Crippen molar-refractivity contribution >= 4 is 55.2 Å². The van der Waals surface area contributed by atoms with Gasteiger partial charge in [-0.1, -0.05) is 73.5 Å². The van der Waals surface area contributed by atoms with Gasteiger partial charge in [-0.25, -0.2) is 9.79 Å². The van der Waals surface area contributed by atoms with Crippen molar-refractivity contribution in [2.45, 2.75) is 46.4 Å². The van der Waals surface area contributed by atoms with E-state index in [1.54, 1.807) is 18.4 Å². The van der Waals surface area contributed by atoms with Crippen molar-refractivity contribution in [3.8, 4) is 11.5 Å². The fraction of sp³-hybridized carbons (Fsp3) is 0.242. The number of benzene rings is 3. The zero-order valence-electron chi connectivity index (χ0n) is 24.1. The van der Waals surface area contributed by atoms with E-state index in [0.717, 1.165) is 20.1 Å². The number of hydrogen-bond donors (Lipinski definition) is 0. The van der Waals surface area contributed by atoms with Gasteiger partial charge in [0.25, 0.3) is 5.56 Å². The van der Waals surface area contributed by atoms with Crippen LogP contribution >= 0.6 is 43.2 Å². The maximum absolute atomic E-state index is 14.2. The highest BCUT2D eigenvalue weighted by atomic mass is 79.9. The number of allylic oxidation sites excluding steroid dienone is 1. The molecule has 43 heavy (non-hydrogen) atoms. The SMILES string of the molecule is CCOC(=O)C1=C(C)N=c2s/c(=C/c3cc(Br)ccc3OCc3ccc(Br)cc3)c(=O)n2[C@H]1c1ccccc1OC(C)C. The summed E-state index contributed by atoms with van der Waals surface area (Å²) in [6.07, 6.45) is 1.70. The first-order valence-corrected chi connectivity index (χ1v) is 16.2. The lowest BCUT2D eigenvalue weighted by molar-refractivity contribution is -0.139. The maximum atomic E-state index is 14.2. The molecule has 7 nitrogen and oxygen atoms in total. The second kappa shape index (κ2) is 13.4. The monoisotopic (exact) mass is 724 g/mol. The van der Waals surface area contributed by atoms with E-state index in [1.807, 2.05) is 86.7 Å². The summed E-state index contributed by atoms with van der Waals surface area (Å²) < 4.78 is 21.6. The lowest BCUT2D eigenvalue weighted by atomic mass is 9.95. The van der Waals surface area contributed by atoms with E-state index in [4.69, 9.17) is 19.2 Å². The van der Waals surface area contributed by atoms with Crippen molar-refractivity contribution in [1.29, 1.82) is 0 Å². The zero-order chi connectivity index (χ0) is 30.7. The number of ether oxygens (including phenoxy) is 3. The van der Waals surface area contributed by atoms with Crippen molar-refractivity contribution in [3.05, 3.63) is 123 Å². The van der Waals surface area contributed by atoms with Crippen LogP contribution in [0.25, 0.3) is 6.08 Å². The van der Waals surface area contributed by atoms with Gasteiger partial charge in [0.05, 0.1) is 28.5 Å². The summed E-state index contributed by atoms with van der Waals surface area (Å²) in [6, 6.07) is 20.3. The van der Waals surface area contributed by atoms with Crippen LogP contribution < -0.4 is 24.4 Å². The Morgan fingerprint density at radius 1 is 1.05 bits per heavy atom. The number of para-hydroxylation sites is 1.